The van der Waals surface area contributed by atoms with E-state index in [1.807, 2.05) is 7.05 Å². The quantitative estimate of drug-likeness (QED) is 0.705. The Labute approximate surface area is 118 Å². The summed E-state index contributed by atoms with van der Waals surface area (Å²) in [4.78, 5) is 14.2. The molecule has 1 aliphatic rings. The summed E-state index contributed by atoms with van der Waals surface area (Å²) in [5, 5.41) is 3.17. The number of hydrogen-bond acceptors (Lipinski definition) is 3. The van der Waals surface area contributed by atoms with Crippen LogP contribution in [0.4, 0.5) is 0 Å². The summed E-state index contributed by atoms with van der Waals surface area (Å²) in [6, 6.07) is 0.491. The van der Waals surface area contributed by atoms with E-state index in [-0.39, 0.29) is 5.91 Å². The van der Waals surface area contributed by atoms with Gasteiger partial charge >= 0.3 is 0 Å². The van der Waals surface area contributed by atoms with E-state index in [4.69, 9.17) is 5.73 Å². The lowest BCUT2D eigenvalue weighted by atomic mass is 9.96. The van der Waals surface area contributed by atoms with Crippen LogP contribution in [0, 0.1) is 5.92 Å². The lowest BCUT2D eigenvalue weighted by molar-refractivity contribution is -0.124. The zero-order chi connectivity index (χ0) is 14.5. The molecule has 19 heavy (non-hydrogen) atoms. The van der Waals surface area contributed by atoms with Crippen LogP contribution in [0.15, 0.2) is 0 Å². The Bertz CT molecular complexity index is 291. The lowest BCUT2D eigenvalue weighted by Crippen LogP contribution is -2.53. The topological polar surface area (TPSA) is 58.4 Å². The van der Waals surface area contributed by atoms with Crippen molar-refractivity contribution in [3.8, 4) is 0 Å². The van der Waals surface area contributed by atoms with Gasteiger partial charge in [0.15, 0.2) is 0 Å². The molecule has 0 heterocycles. The summed E-state index contributed by atoms with van der Waals surface area (Å²) < 4.78 is 0. The Balaban J connectivity index is 2.67. The minimum atomic E-state index is -0.480. The molecule has 1 rings (SSSR count). The molecule has 3 N–H and O–H groups in total. The summed E-state index contributed by atoms with van der Waals surface area (Å²) in [5.41, 5.74) is 5.10. The molecule has 2 atom stereocenters. The fourth-order valence-electron chi connectivity index (χ4n) is 3.32. The monoisotopic (exact) mass is 269 g/mol. The molecule has 1 aliphatic carbocycles. The van der Waals surface area contributed by atoms with Crippen LogP contribution in [0.3, 0.4) is 0 Å². The van der Waals surface area contributed by atoms with Crippen molar-refractivity contribution < 1.29 is 4.79 Å². The van der Waals surface area contributed by atoms with Crippen LogP contribution >= 0.6 is 0 Å². The van der Waals surface area contributed by atoms with Gasteiger partial charge in [0.1, 0.15) is 0 Å². The number of amides is 1. The molecule has 1 saturated carbocycles. The lowest BCUT2D eigenvalue weighted by Gasteiger charge is -2.32. The van der Waals surface area contributed by atoms with Gasteiger partial charge in [-0.1, -0.05) is 33.6 Å². The first-order valence-corrected chi connectivity index (χ1v) is 7.75. The maximum absolute atomic E-state index is 11.7. The van der Waals surface area contributed by atoms with Gasteiger partial charge in [-0.15, -0.1) is 0 Å². The first kappa shape index (κ1) is 16.4. The molecule has 0 radical (unpaired) electrons. The smallest absolute Gasteiger partial charge is 0.237 e. The summed E-state index contributed by atoms with van der Waals surface area (Å²) >= 11 is 0. The van der Waals surface area contributed by atoms with E-state index in [0.717, 1.165) is 38.3 Å². The molecule has 0 aromatic rings. The van der Waals surface area contributed by atoms with Gasteiger partial charge in [0.25, 0.3) is 0 Å². The van der Waals surface area contributed by atoms with Crippen LogP contribution in [-0.2, 0) is 4.79 Å². The van der Waals surface area contributed by atoms with Crippen LogP contribution in [0.25, 0.3) is 0 Å². The maximum Gasteiger partial charge on any atom is 0.237 e. The fourth-order valence-corrected chi connectivity index (χ4v) is 3.32. The summed E-state index contributed by atoms with van der Waals surface area (Å²) in [6.45, 7) is 8.94. The molecule has 2 unspecified atom stereocenters. The second kappa shape index (κ2) is 7.25. The van der Waals surface area contributed by atoms with Crippen molar-refractivity contribution in [2.75, 3.05) is 20.1 Å². The molecule has 1 fully saturated rings. The Morgan fingerprint density at radius 3 is 2.42 bits per heavy atom. The maximum atomic E-state index is 11.7. The largest absolute Gasteiger partial charge is 0.368 e. The molecule has 4 nitrogen and oxygen atoms in total. The van der Waals surface area contributed by atoms with E-state index in [1.54, 1.807) is 0 Å². The SMILES string of the molecule is CCC(CC)CN(CC)C1CCC(NC)(C(N)=O)C1. The molecule has 1 amide bonds. The number of nitrogens with one attached hydrogen (secondary N) is 1. The van der Waals surface area contributed by atoms with Crippen LogP contribution in [-0.4, -0.2) is 42.5 Å². The number of hydrogen-bond donors (Lipinski definition) is 2. The van der Waals surface area contributed by atoms with Crippen LogP contribution < -0.4 is 11.1 Å². The van der Waals surface area contributed by atoms with Gasteiger partial charge in [-0.05, 0) is 38.8 Å². The van der Waals surface area contributed by atoms with E-state index >= 15 is 0 Å². The third-order valence-electron chi connectivity index (χ3n) is 5.01. The van der Waals surface area contributed by atoms with Crippen molar-refractivity contribution in [2.24, 2.45) is 11.7 Å². The Morgan fingerprint density at radius 1 is 1.42 bits per heavy atom. The highest BCUT2D eigenvalue weighted by atomic mass is 16.1. The second-order valence-electron chi connectivity index (χ2n) is 5.86. The fraction of sp³-hybridized carbons (Fsp3) is 0.933. The van der Waals surface area contributed by atoms with Crippen molar-refractivity contribution in [1.29, 1.82) is 0 Å². The average molecular weight is 269 g/mol. The normalized spacial score (nSPS) is 27.4. The highest BCUT2D eigenvalue weighted by Crippen LogP contribution is 2.33. The molecule has 112 valence electrons. The van der Waals surface area contributed by atoms with Gasteiger partial charge < -0.3 is 16.0 Å². The third-order valence-corrected chi connectivity index (χ3v) is 5.01. The number of carbonyl (C=O) groups is 1. The van der Waals surface area contributed by atoms with E-state index in [0.29, 0.717) is 6.04 Å². The molecule has 0 aromatic carbocycles. The summed E-state index contributed by atoms with van der Waals surface area (Å²) in [7, 11) is 1.85. The number of carbonyl (C=O) groups excluding carboxylic acids is 1. The summed E-state index contributed by atoms with van der Waals surface area (Å²) in [5.74, 6) is 0.564. The van der Waals surface area contributed by atoms with Gasteiger partial charge in [-0.25, -0.2) is 0 Å². The molecule has 0 spiro atoms. The molecule has 0 aromatic heterocycles. The van der Waals surface area contributed by atoms with Crippen molar-refractivity contribution >= 4 is 5.91 Å². The first-order chi connectivity index (χ1) is 9.02. The van der Waals surface area contributed by atoms with Gasteiger partial charge in [0, 0.05) is 12.6 Å². The van der Waals surface area contributed by atoms with Crippen molar-refractivity contribution in [3.63, 3.8) is 0 Å². The van der Waals surface area contributed by atoms with Crippen LogP contribution in [0.5, 0.6) is 0 Å². The van der Waals surface area contributed by atoms with Gasteiger partial charge in [0.05, 0.1) is 5.54 Å². The average Bonchev–Trinajstić information content (AvgIpc) is 2.86. The van der Waals surface area contributed by atoms with E-state index in [2.05, 4.69) is 31.0 Å². The molecule has 4 heteroatoms. The van der Waals surface area contributed by atoms with E-state index in [9.17, 15) is 4.79 Å². The highest BCUT2D eigenvalue weighted by molar-refractivity contribution is 5.85. The zero-order valence-electron chi connectivity index (χ0n) is 13.0. The van der Waals surface area contributed by atoms with E-state index in [1.165, 1.54) is 12.8 Å². The van der Waals surface area contributed by atoms with Crippen molar-refractivity contribution in [3.05, 3.63) is 0 Å². The minimum absolute atomic E-state index is 0.198. The zero-order valence-corrected chi connectivity index (χ0v) is 13.0. The number of nitrogens with zero attached hydrogens (tertiary/aromatic N) is 1. The third kappa shape index (κ3) is 3.69. The van der Waals surface area contributed by atoms with Gasteiger partial charge in [-0.3, -0.25) is 4.79 Å². The predicted octanol–water partition coefficient (Wildman–Crippen LogP) is 1.74. The van der Waals surface area contributed by atoms with Crippen LogP contribution in [0.1, 0.15) is 52.9 Å². The Kier molecular flexibility index (Phi) is 6.27. The molecule has 0 bridgehead atoms. The number of primary amides is 1. The van der Waals surface area contributed by atoms with Crippen molar-refractivity contribution in [1.82, 2.24) is 10.2 Å². The number of rotatable bonds is 8. The van der Waals surface area contributed by atoms with Gasteiger partial charge in [0.2, 0.25) is 5.91 Å². The Hall–Kier alpha value is -0.610. The minimum Gasteiger partial charge on any atom is -0.368 e. The Morgan fingerprint density at radius 2 is 2.05 bits per heavy atom. The number of likely N-dealkylation sites (N-methyl/N-ethyl adjacent to an activating group) is 1. The van der Waals surface area contributed by atoms with E-state index < -0.39 is 5.54 Å². The predicted molar refractivity (Wildman–Crippen MR) is 79.9 cm³/mol. The van der Waals surface area contributed by atoms with Crippen molar-refractivity contribution in [2.45, 2.75) is 64.5 Å². The van der Waals surface area contributed by atoms with Crippen LogP contribution in [0.2, 0.25) is 0 Å². The number of nitrogens with two attached hydrogens (primary N) is 1. The second-order valence-corrected chi connectivity index (χ2v) is 5.86. The standard InChI is InChI=1S/C15H31N3O/c1-5-12(6-2)11-18(7-3)13-8-9-15(10-13,17-4)14(16)19/h12-13,17H,5-11H2,1-4H3,(H2,16,19). The molecule has 0 aliphatic heterocycles. The molecule has 0 saturated heterocycles. The summed E-state index contributed by atoms with van der Waals surface area (Å²) in [6.07, 6.45) is 5.24. The molecular formula is C15H31N3O. The van der Waals surface area contributed by atoms with Gasteiger partial charge in [-0.2, -0.15) is 0 Å². The molecular weight excluding hydrogens is 238 g/mol. The first-order valence-electron chi connectivity index (χ1n) is 7.75. The highest BCUT2D eigenvalue weighted by Gasteiger charge is 2.44.